The first-order valence-corrected chi connectivity index (χ1v) is 26.3. The summed E-state index contributed by atoms with van der Waals surface area (Å²) in [5.74, 6) is 0. The average Bonchev–Trinajstić information content (AvgIpc) is 4.17. The van der Waals surface area contributed by atoms with Gasteiger partial charge in [0, 0.05) is 46.4 Å². The van der Waals surface area contributed by atoms with Gasteiger partial charge in [-0.1, -0.05) is 188 Å². The highest BCUT2D eigenvalue weighted by atomic mass is 32.2. The van der Waals surface area contributed by atoms with E-state index in [9.17, 15) is 0 Å². The lowest BCUT2D eigenvalue weighted by Crippen LogP contribution is -2.09. The van der Waals surface area contributed by atoms with Gasteiger partial charge in [0.1, 0.15) is 0 Å². The van der Waals surface area contributed by atoms with Crippen LogP contribution in [0.1, 0.15) is 32.0 Å². The van der Waals surface area contributed by atoms with Crippen LogP contribution >= 0.6 is 34.4 Å². The molecule has 334 valence electrons. The molecule has 1 aliphatic rings. The quantitative estimate of drug-likeness (QED) is 0.120. The van der Waals surface area contributed by atoms with Crippen molar-refractivity contribution in [3.63, 3.8) is 0 Å². The van der Waals surface area contributed by atoms with E-state index in [1.165, 1.54) is 90.5 Å². The lowest BCUT2D eigenvalue weighted by Gasteiger charge is -2.26. The number of thiophene rings is 2. The highest BCUT2D eigenvalue weighted by molar-refractivity contribution is 8.00. The fourth-order valence-electron chi connectivity index (χ4n) is 9.28. The van der Waals surface area contributed by atoms with Crippen LogP contribution in [0.25, 0.3) is 83.9 Å². The van der Waals surface area contributed by atoms with Crippen molar-refractivity contribution in [2.24, 2.45) is 0 Å². The second-order valence-electron chi connectivity index (χ2n) is 17.7. The molecule has 0 aliphatic carbocycles. The summed E-state index contributed by atoms with van der Waals surface area (Å²) in [7, 11) is 0. The van der Waals surface area contributed by atoms with Crippen LogP contribution in [0, 0.1) is 0 Å². The molecule has 0 saturated heterocycles. The molecule has 1 unspecified atom stereocenters. The summed E-state index contributed by atoms with van der Waals surface area (Å²) in [6.07, 6.45) is 14.6. The Kier molecular flexibility index (Phi) is 12.3. The van der Waals surface area contributed by atoms with E-state index >= 15 is 0 Å². The zero-order valence-corrected chi connectivity index (χ0v) is 40.8. The van der Waals surface area contributed by atoms with Crippen LogP contribution in [-0.2, 0) is 6.42 Å². The molecule has 9 aromatic carbocycles. The lowest BCUT2D eigenvalue weighted by atomic mass is 10.0. The van der Waals surface area contributed by atoms with Crippen LogP contribution in [0.3, 0.4) is 0 Å². The zero-order valence-electron chi connectivity index (χ0n) is 38.4. The molecule has 3 heterocycles. The standard InChI is InChI=1S/C66H47NS3/c1-4-10-64-55(7-1)43-61(68-64)40-19-46-13-22-49(23-14-46)52-28-34-58(35-29-52)67(59-36-30-53(31-37-59)50-24-15-47(16-25-50)20-41-62-44-56-8-2-5-11-65(56)69-62)60-38-32-54(33-39-60)51-26-17-48(18-27-51)21-42-63-45-57-9-3-6-12-66(57)70-63/h1-44,63H,45H2/b40-19+,41-20+,42-21+. The minimum atomic E-state index is 0.482. The molecule has 1 nitrogen and oxygen atoms in total. The Balaban J connectivity index is 0.781. The van der Waals surface area contributed by atoms with E-state index in [1.54, 1.807) is 0 Å². The largest absolute Gasteiger partial charge is 0.311 e. The normalized spacial score (nSPS) is 13.6. The molecule has 1 aliphatic heterocycles. The number of hydrogen-bond acceptors (Lipinski definition) is 4. The number of anilines is 3. The van der Waals surface area contributed by atoms with E-state index < -0.39 is 0 Å². The molecule has 0 radical (unpaired) electrons. The van der Waals surface area contributed by atoms with Gasteiger partial charge in [0.2, 0.25) is 0 Å². The van der Waals surface area contributed by atoms with Gasteiger partial charge in [-0.3, -0.25) is 0 Å². The first kappa shape index (κ1) is 43.5. The van der Waals surface area contributed by atoms with Crippen molar-refractivity contribution < 1.29 is 0 Å². The van der Waals surface area contributed by atoms with Crippen LogP contribution in [-0.4, -0.2) is 5.25 Å². The Hall–Kier alpha value is -7.73. The summed E-state index contributed by atoms with van der Waals surface area (Å²) in [4.78, 5) is 6.29. The first-order valence-electron chi connectivity index (χ1n) is 23.8. The van der Waals surface area contributed by atoms with Crippen molar-refractivity contribution >= 4 is 102 Å². The van der Waals surface area contributed by atoms with Crippen molar-refractivity contribution in [1.82, 2.24) is 0 Å². The third-order valence-electron chi connectivity index (χ3n) is 13.1. The molecular weight excluding hydrogens is 903 g/mol. The Bertz CT molecular complexity index is 3400. The van der Waals surface area contributed by atoms with Crippen LogP contribution in [0.2, 0.25) is 0 Å². The summed E-state index contributed by atoms with van der Waals surface area (Å²) in [5, 5.41) is 3.07. The summed E-state index contributed by atoms with van der Waals surface area (Å²) in [6, 6.07) is 84.0. The van der Waals surface area contributed by atoms with E-state index in [2.05, 4.69) is 272 Å². The van der Waals surface area contributed by atoms with Crippen molar-refractivity contribution in [2.45, 2.75) is 16.6 Å². The molecule has 0 saturated carbocycles. The second-order valence-corrected chi connectivity index (χ2v) is 21.2. The second kappa shape index (κ2) is 19.7. The van der Waals surface area contributed by atoms with E-state index in [0.717, 1.165) is 23.5 Å². The molecule has 12 rings (SSSR count). The van der Waals surface area contributed by atoms with E-state index in [1.807, 2.05) is 34.4 Å². The number of fused-ring (bicyclic) bond motifs is 3. The zero-order chi connectivity index (χ0) is 46.6. The minimum absolute atomic E-state index is 0.482. The van der Waals surface area contributed by atoms with Crippen LogP contribution in [0.4, 0.5) is 17.1 Å². The SMILES string of the molecule is C(=C\c1cc2ccccc2s1)/c1ccc(-c2ccc(N(c3ccc(-c4ccc(/C=C/c5cc6ccccc6s5)cc4)cc3)c3ccc(-c4ccc(/C=C/C5Cc6ccccc6S5)cc4)cc3)cc2)cc1. The van der Waals surface area contributed by atoms with Crippen LogP contribution < -0.4 is 4.90 Å². The molecule has 11 aromatic rings. The topological polar surface area (TPSA) is 3.24 Å². The van der Waals surface area contributed by atoms with Gasteiger partial charge in [0.05, 0.1) is 0 Å². The predicted molar refractivity (Wildman–Crippen MR) is 308 cm³/mol. The van der Waals surface area contributed by atoms with Gasteiger partial charge in [-0.05, 0) is 152 Å². The number of rotatable bonds is 12. The summed E-state index contributed by atoms with van der Waals surface area (Å²) in [5.41, 5.74) is 15.5. The van der Waals surface area contributed by atoms with Gasteiger partial charge >= 0.3 is 0 Å². The Morgan fingerprint density at radius 1 is 0.357 bits per heavy atom. The fraction of sp³-hybridized carbons (Fsp3) is 0.0303. The van der Waals surface area contributed by atoms with E-state index in [0.29, 0.717) is 5.25 Å². The molecule has 0 amide bonds. The predicted octanol–water partition coefficient (Wildman–Crippen LogP) is 19.7. The maximum Gasteiger partial charge on any atom is 0.0462 e. The minimum Gasteiger partial charge on any atom is -0.311 e. The molecule has 0 bridgehead atoms. The van der Waals surface area contributed by atoms with Gasteiger partial charge in [-0.15, -0.1) is 34.4 Å². The molecule has 0 spiro atoms. The highest BCUT2D eigenvalue weighted by Gasteiger charge is 2.19. The number of thioether (sulfide) groups is 1. The van der Waals surface area contributed by atoms with Crippen molar-refractivity contribution in [1.29, 1.82) is 0 Å². The molecule has 4 heteroatoms. The molecule has 0 N–H and O–H groups in total. The summed E-state index contributed by atoms with van der Waals surface area (Å²) < 4.78 is 2.64. The molecule has 70 heavy (non-hydrogen) atoms. The molecule has 0 fully saturated rings. The Morgan fingerprint density at radius 3 is 1.14 bits per heavy atom. The number of hydrogen-bond donors (Lipinski definition) is 0. The van der Waals surface area contributed by atoms with Gasteiger partial charge in [-0.2, -0.15) is 0 Å². The Labute approximate surface area is 422 Å². The van der Waals surface area contributed by atoms with Crippen molar-refractivity contribution in [2.75, 3.05) is 4.90 Å². The number of benzene rings is 9. The molecular formula is C66H47NS3. The van der Waals surface area contributed by atoms with Crippen molar-refractivity contribution in [3.8, 4) is 33.4 Å². The first-order chi connectivity index (χ1) is 34.6. The van der Waals surface area contributed by atoms with Gasteiger partial charge in [0.25, 0.3) is 0 Å². The van der Waals surface area contributed by atoms with Crippen LogP contribution in [0.5, 0.6) is 0 Å². The van der Waals surface area contributed by atoms with Gasteiger partial charge < -0.3 is 4.90 Å². The van der Waals surface area contributed by atoms with E-state index in [4.69, 9.17) is 0 Å². The van der Waals surface area contributed by atoms with Crippen molar-refractivity contribution in [3.05, 3.63) is 269 Å². The summed E-state index contributed by atoms with van der Waals surface area (Å²) in [6.45, 7) is 0. The lowest BCUT2D eigenvalue weighted by molar-refractivity contribution is 1.04. The summed E-state index contributed by atoms with van der Waals surface area (Å²) >= 11 is 5.62. The smallest absolute Gasteiger partial charge is 0.0462 e. The van der Waals surface area contributed by atoms with Gasteiger partial charge in [-0.25, -0.2) is 0 Å². The van der Waals surface area contributed by atoms with E-state index in [-0.39, 0.29) is 0 Å². The van der Waals surface area contributed by atoms with Crippen LogP contribution in [0.15, 0.2) is 241 Å². The maximum atomic E-state index is 2.36. The average molecular weight is 950 g/mol. The monoisotopic (exact) mass is 949 g/mol. The third-order valence-corrected chi connectivity index (χ3v) is 16.5. The highest BCUT2D eigenvalue weighted by Crippen LogP contribution is 2.40. The molecule has 2 aromatic heterocycles. The maximum absolute atomic E-state index is 2.36. The number of nitrogens with zero attached hydrogens (tertiary/aromatic N) is 1. The van der Waals surface area contributed by atoms with Gasteiger partial charge in [0.15, 0.2) is 0 Å². The fourth-order valence-corrected chi connectivity index (χ4v) is 12.4. The Morgan fingerprint density at radius 2 is 0.729 bits per heavy atom. The third kappa shape index (κ3) is 9.63. The molecule has 1 atom stereocenters.